The summed E-state index contributed by atoms with van der Waals surface area (Å²) in [6.07, 6.45) is 3.83. The molecular weight excluding hydrogens is 226 g/mol. The lowest BCUT2D eigenvalue weighted by molar-refractivity contribution is 0.408. The second kappa shape index (κ2) is 6.21. The Morgan fingerprint density at radius 3 is 2.94 bits per heavy atom. The molecule has 1 N–H and O–H groups in total. The third kappa shape index (κ3) is 2.90. The first-order valence-corrected chi connectivity index (χ1v) is 6.17. The maximum Gasteiger partial charge on any atom is 0.123 e. The van der Waals surface area contributed by atoms with E-state index in [1.807, 2.05) is 30.6 Å². The van der Waals surface area contributed by atoms with Crippen molar-refractivity contribution in [3.63, 3.8) is 0 Å². The van der Waals surface area contributed by atoms with Gasteiger partial charge in [-0.1, -0.05) is 25.1 Å². The minimum atomic E-state index is 0.782. The van der Waals surface area contributed by atoms with E-state index in [1.165, 1.54) is 0 Å². The zero-order chi connectivity index (χ0) is 12.8. The van der Waals surface area contributed by atoms with Gasteiger partial charge in [0.1, 0.15) is 11.6 Å². The van der Waals surface area contributed by atoms with E-state index in [1.54, 1.807) is 7.11 Å². The summed E-state index contributed by atoms with van der Waals surface area (Å²) in [7, 11) is 1.70. The molecule has 0 radical (unpaired) electrons. The number of methoxy groups -OCH3 is 1. The predicted octanol–water partition coefficient (Wildman–Crippen LogP) is 2.05. The van der Waals surface area contributed by atoms with Gasteiger partial charge >= 0.3 is 0 Å². The van der Waals surface area contributed by atoms with E-state index in [0.717, 1.165) is 36.8 Å². The average Bonchev–Trinajstić information content (AvgIpc) is 2.84. The fraction of sp³-hybridized carbons (Fsp3) is 0.357. The Balaban J connectivity index is 2.15. The fourth-order valence-electron chi connectivity index (χ4n) is 1.91. The number of nitrogens with one attached hydrogen (secondary N) is 1. The van der Waals surface area contributed by atoms with E-state index in [9.17, 15) is 0 Å². The maximum atomic E-state index is 5.37. The van der Waals surface area contributed by atoms with Crippen molar-refractivity contribution < 1.29 is 4.74 Å². The van der Waals surface area contributed by atoms with Gasteiger partial charge in [0.25, 0.3) is 0 Å². The molecule has 0 aliphatic heterocycles. The molecule has 0 spiro atoms. The van der Waals surface area contributed by atoms with Crippen molar-refractivity contribution in [3.05, 3.63) is 48.0 Å². The number of benzene rings is 1. The van der Waals surface area contributed by atoms with Crippen LogP contribution in [0.2, 0.25) is 0 Å². The lowest BCUT2D eigenvalue weighted by atomic mass is 10.2. The van der Waals surface area contributed by atoms with Crippen molar-refractivity contribution in [1.82, 2.24) is 14.9 Å². The summed E-state index contributed by atoms with van der Waals surface area (Å²) < 4.78 is 7.51. The largest absolute Gasteiger partial charge is 0.496 e. The van der Waals surface area contributed by atoms with E-state index < -0.39 is 0 Å². The van der Waals surface area contributed by atoms with Crippen LogP contribution in [-0.4, -0.2) is 23.2 Å². The topological polar surface area (TPSA) is 39.1 Å². The van der Waals surface area contributed by atoms with Crippen molar-refractivity contribution >= 4 is 0 Å². The monoisotopic (exact) mass is 245 g/mol. The molecule has 1 heterocycles. The minimum Gasteiger partial charge on any atom is -0.496 e. The number of imidazole rings is 1. The first-order valence-electron chi connectivity index (χ1n) is 6.17. The number of para-hydroxylation sites is 1. The molecule has 0 saturated carbocycles. The van der Waals surface area contributed by atoms with Crippen molar-refractivity contribution in [2.45, 2.75) is 20.0 Å². The van der Waals surface area contributed by atoms with Crippen LogP contribution < -0.4 is 10.1 Å². The molecule has 96 valence electrons. The van der Waals surface area contributed by atoms with Crippen LogP contribution in [0.25, 0.3) is 0 Å². The Hall–Kier alpha value is -1.81. The van der Waals surface area contributed by atoms with Gasteiger partial charge in [-0.15, -0.1) is 0 Å². The van der Waals surface area contributed by atoms with Crippen LogP contribution in [-0.2, 0) is 13.1 Å². The van der Waals surface area contributed by atoms with Gasteiger partial charge in [-0.3, -0.25) is 0 Å². The van der Waals surface area contributed by atoms with Gasteiger partial charge in [0.15, 0.2) is 0 Å². The molecule has 4 nitrogen and oxygen atoms in total. The summed E-state index contributed by atoms with van der Waals surface area (Å²) in [5.41, 5.74) is 1.16. The summed E-state index contributed by atoms with van der Waals surface area (Å²) in [4.78, 5) is 4.37. The predicted molar refractivity (Wildman–Crippen MR) is 71.7 cm³/mol. The van der Waals surface area contributed by atoms with Gasteiger partial charge in [0.05, 0.1) is 20.2 Å². The molecule has 18 heavy (non-hydrogen) atoms. The summed E-state index contributed by atoms with van der Waals surface area (Å²) in [5, 5.41) is 3.29. The molecule has 2 rings (SSSR count). The molecule has 0 aliphatic rings. The standard InChI is InChI=1S/C14H19N3O/c1-3-15-10-14-16-8-9-17(14)11-12-6-4-5-7-13(12)18-2/h4-9,15H,3,10-11H2,1-2H3. The molecule has 2 aromatic rings. The van der Waals surface area contributed by atoms with Crippen molar-refractivity contribution in [3.8, 4) is 5.75 Å². The molecule has 1 aromatic heterocycles. The SMILES string of the molecule is CCNCc1nccn1Cc1ccccc1OC. The highest BCUT2D eigenvalue weighted by Crippen LogP contribution is 2.18. The van der Waals surface area contributed by atoms with Gasteiger partial charge in [-0.25, -0.2) is 4.98 Å². The quantitative estimate of drug-likeness (QED) is 0.846. The Morgan fingerprint density at radius 1 is 1.33 bits per heavy atom. The highest BCUT2D eigenvalue weighted by atomic mass is 16.5. The molecule has 0 unspecified atom stereocenters. The lowest BCUT2D eigenvalue weighted by Gasteiger charge is -2.11. The number of rotatable bonds is 6. The molecule has 0 saturated heterocycles. The highest BCUT2D eigenvalue weighted by Gasteiger charge is 2.06. The van der Waals surface area contributed by atoms with E-state index >= 15 is 0 Å². The van der Waals surface area contributed by atoms with E-state index in [0.29, 0.717) is 0 Å². The van der Waals surface area contributed by atoms with Gasteiger partial charge in [-0.05, 0) is 12.6 Å². The van der Waals surface area contributed by atoms with Crippen LogP contribution >= 0.6 is 0 Å². The normalized spacial score (nSPS) is 10.6. The second-order valence-corrected chi connectivity index (χ2v) is 4.06. The van der Waals surface area contributed by atoms with Crippen LogP contribution in [0.4, 0.5) is 0 Å². The molecule has 0 atom stereocenters. The van der Waals surface area contributed by atoms with Gasteiger partial charge in [0, 0.05) is 18.0 Å². The first-order chi connectivity index (χ1) is 8.85. The third-order valence-electron chi connectivity index (χ3n) is 2.87. The number of ether oxygens (including phenoxy) is 1. The van der Waals surface area contributed by atoms with Crippen LogP contribution in [0.5, 0.6) is 5.75 Å². The Morgan fingerprint density at radius 2 is 2.17 bits per heavy atom. The minimum absolute atomic E-state index is 0.782. The van der Waals surface area contributed by atoms with Crippen LogP contribution in [0.3, 0.4) is 0 Å². The summed E-state index contributed by atoms with van der Waals surface area (Å²) in [6.45, 7) is 4.61. The average molecular weight is 245 g/mol. The smallest absolute Gasteiger partial charge is 0.123 e. The van der Waals surface area contributed by atoms with Gasteiger partial charge < -0.3 is 14.6 Å². The Bertz CT molecular complexity index is 493. The zero-order valence-electron chi connectivity index (χ0n) is 10.9. The number of aromatic nitrogens is 2. The number of hydrogen-bond donors (Lipinski definition) is 1. The summed E-state index contributed by atoms with van der Waals surface area (Å²) >= 11 is 0. The van der Waals surface area contributed by atoms with Crippen molar-refractivity contribution in [1.29, 1.82) is 0 Å². The van der Waals surface area contributed by atoms with Crippen LogP contribution in [0.15, 0.2) is 36.7 Å². The second-order valence-electron chi connectivity index (χ2n) is 4.06. The van der Waals surface area contributed by atoms with Crippen LogP contribution in [0, 0.1) is 0 Å². The number of hydrogen-bond acceptors (Lipinski definition) is 3. The molecule has 0 amide bonds. The summed E-state index contributed by atoms with van der Waals surface area (Å²) in [5.74, 6) is 1.96. The maximum absolute atomic E-state index is 5.37. The molecule has 0 fully saturated rings. The third-order valence-corrected chi connectivity index (χ3v) is 2.87. The lowest BCUT2D eigenvalue weighted by Crippen LogP contribution is -2.16. The highest BCUT2D eigenvalue weighted by molar-refractivity contribution is 5.33. The van der Waals surface area contributed by atoms with Gasteiger partial charge in [0.2, 0.25) is 0 Å². The van der Waals surface area contributed by atoms with E-state index in [4.69, 9.17) is 4.74 Å². The van der Waals surface area contributed by atoms with E-state index in [2.05, 4.69) is 27.9 Å². The zero-order valence-corrected chi connectivity index (χ0v) is 10.9. The fourth-order valence-corrected chi connectivity index (χ4v) is 1.91. The molecule has 4 heteroatoms. The first kappa shape index (κ1) is 12.6. The summed E-state index contributed by atoms with van der Waals surface area (Å²) in [6, 6.07) is 8.07. The Labute approximate surface area is 108 Å². The molecule has 0 bridgehead atoms. The molecule has 1 aromatic carbocycles. The van der Waals surface area contributed by atoms with E-state index in [-0.39, 0.29) is 0 Å². The number of nitrogens with zero attached hydrogens (tertiary/aromatic N) is 2. The van der Waals surface area contributed by atoms with Gasteiger partial charge in [-0.2, -0.15) is 0 Å². The van der Waals surface area contributed by atoms with Crippen LogP contribution in [0.1, 0.15) is 18.3 Å². The molecular formula is C14H19N3O. The molecule has 0 aliphatic carbocycles. The van der Waals surface area contributed by atoms with Crippen molar-refractivity contribution in [2.75, 3.05) is 13.7 Å². The van der Waals surface area contributed by atoms with Crippen molar-refractivity contribution in [2.24, 2.45) is 0 Å². The Kier molecular flexibility index (Phi) is 4.36.